The number of halogens is 2. The molecule has 96 valence electrons. The quantitative estimate of drug-likeness (QED) is 0.630. The van der Waals surface area contributed by atoms with Gasteiger partial charge in [0, 0.05) is 0 Å². The van der Waals surface area contributed by atoms with Gasteiger partial charge in [0.05, 0.1) is 31.5 Å². The van der Waals surface area contributed by atoms with E-state index in [1.54, 1.807) is 23.5 Å². The number of thiazole rings is 1. The minimum absolute atomic E-state index is 0.477. The van der Waals surface area contributed by atoms with Gasteiger partial charge < -0.3 is 5.73 Å². The summed E-state index contributed by atoms with van der Waals surface area (Å²) in [6, 6.07) is 9.60. The molecule has 3 aromatic rings. The Balaban J connectivity index is 2.27. The highest BCUT2D eigenvalue weighted by molar-refractivity contribution is 7.21. The summed E-state index contributed by atoms with van der Waals surface area (Å²) >= 11 is 13.8. The van der Waals surface area contributed by atoms with Crippen molar-refractivity contribution in [2.24, 2.45) is 0 Å². The van der Waals surface area contributed by atoms with Crippen LogP contribution in [0.4, 0.5) is 5.69 Å². The van der Waals surface area contributed by atoms with E-state index >= 15 is 0 Å². The zero-order valence-electron chi connectivity index (χ0n) is 10.1. The van der Waals surface area contributed by atoms with Crippen LogP contribution < -0.4 is 5.73 Å². The molecule has 1 heterocycles. The van der Waals surface area contributed by atoms with E-state index in [4.69, 9.17) is 28.9 Å². The van der Waals surface area contributed by atoms with Crippen LogP contribution in [-0.2, 0) is 0 Å². The molecule has 0 saturated heterocycles. The minimum Gasteiger partial charge on any atom is -0.397 e. The van der Waals surface area contributed by atoms with Crippen molar-refractivity contribution < 1.29 is 0 Å². The van der Waals surface area contributed by atoms with Crippen molar-refractivity contribution in [3.05, 3.63) is 45.9 Å². The highest BCUT2D eigenvalue weighted by Crippen LogP contribution is 2.40. The fraction of sp³-hybridized carbons (Fsp3) is 0.0714. The van der Waals surface area contributed by atoms with Gasteiger partial charge in [-0.05, 0) is 36.8 Å². The standard InChI is InChI=1S/C14H10Cl2N2S/c1-7-2-5-11-10(6-7)18-14(19-11)12-8(15)3-4-9(16)13(12)17/h2-6H,17H2,1H3. The number of nitrogens with two attached hydrogens (primary N) is 1. The summed E-state index contributed by atoms with van der Waals surface area (Å²) in [6.45, 7) is 2.04. The Morgan fingerprint density at radius 2 is 1.84 bits per heavy atom. The summed E-state index contributed by atoms with van der Waals surface area (Å²) in [5.41, 5.74) is 9.34. The van der Waals surface area contributed by atoms with Crippen molar-refractivity contribution in [3.8, 4) is 10.6 Å². The zero-order valence-corrected chi connectivity index (χ0v) is 12.4. The highest BCUT2D eigenvalue weighted by Gasteiger charge is 2.15. The molecule has 0 spiro atoms. The summed E-state index contributed by atoms with van der Waals surface area (Å²) in [6.07, 6.45) is 0. The molecule has 0 fully saturated rings. The summed E-state index contributed by atoms with van der Waals surface area (Å²) in [4.78, 5) is 4.60. The normalized spacial score (nSPS) is 11.1. The van der Waals surface area contributed by atoms with Gasteiger partial charge in [-0.15, -0.1) is 11.3 Å². The molecule has 0 unspecified atom stereocenters. The van der Waals surface area contributed by atoms with Gasteiger partial charge >= 0.3 is 0 Å². The van der Waals surface area contributed by atoms with Gasteiger partial charge in [-0.25, -0.2) is 4.98 Å². The van der Waals surface area contributed by atoms with E-state index in [0.717, 1.165) is 15.2 Å². The van der Waals surface area contributed by atoms with Gasteiger partial charge in [-0.3, -0.25) is 0 Å². The summed E-state index contributed by atoms with van der Waals surface area (Å²) in [5.74, 6) is 0. The average molecular weight is 309 g/mol. The third-order valence-electron chi connectivity index (χ3n) is 2.90. The second kappa shape index (κ2) is 4.67. The zero-order chi connectivity index (χ0) is 13.6. The monoisotopic (exact) mass is 308 g/mol. The predicted octanol–water partition coefficient (Wildman–Crippen LogP) is 5.16. The third kappa shape index (κ3) is 2.18. The number of benzene rings is 2. The number of nitrogen functional groups attached to an aromatic ring is 1. The first-order valence-corrected chi connectivity index (χ1v) is 7.24. The van der Waals surface area contributed by atoms with E-state index in [0.29, 0.717) is 21.3 Å². The minimum atomic E-state index is 0.477. The van der Waals surface area contributed by atoms with Crippen LogP contribution in [0.3, 0.4) is 0 Å². The molecular formula is C14H10Cl2N2S. The molecule has 0 radical (unpaired) electrons. The molecule has 2 nitrogen and oxygen atoms in total. The second-order valence-electron chi connectivity index (χ2n) is 4.31. The SMILES string of the molecule is Cc1ccc2sc(-c3c(Cl)ccc(Cl)c3N)nc2c1. The molecular weight excluding hydrogens is 299 g/mol. The lowest BCUT2D eigenvalue weighted by molar-refractivity contribution is 1.44. The first-order valence-electron chi connectivity index (χ1n) is 5.67. The van der Waals surface area contributed by atoms with E-state index in [2.05, 4.69) is 17.1 Å². The van der Waals surface area contributed by atoms with Gasteiger partial charge in [-0.1, -0.05) is 29.3 Å². The molecule has 2 aromatic carbocycles. The van der Waals surface area contributed by atoms with Crippen LogP contribution in [0.1, 0.15) is 5.56 Å². The van der Waals surface area contributed by atoms with Crippen LogP contribution in [0, 0.1) is 6.92 Å². The van der Waals surface area contributed by atoms with Crippen LogP contribution in [-0.4, -0.2) is 4.98 Å². The van der Waals surface area contributed by atoms with Gasteiger partial charge in [0.1, 0.15) is 5.01 Å². The van der Waals surface area contributed by atoms with Crippen LogP contribution >= 0.6 is 34.5 Å². The third-order valence-corrected chi connectivity index (χ3v) is 4.60. The Hall–Kier alpha value is -1.29. The molecule has 19 heavy (non-hydrogen) atoms. The lowest BCUT2D eigenvalue weighted by Crippen LogP contribution is -1.91. The Morgan fingerprint density at radius 1 is 1.11 bits per heavy atom. The number of aryl methyl sites for hydroxylation is 1. The molecule has 3 rings (SSSR count). The van der Waals surface area contributed by atoms with E-state index in [1.165, 1.54) is 5.56 Å². The number of rotatable bonds is 1. The Bertz CT molecular complexity index is 780. The molecule has 0 saturated carbocycles. The number of fused-ring (bicyclic) bond motifs is 1. The van der Waals surface area contributed by atoms with Crippen molar-refractivity contribution in [1.29, 1.82) is 0 Å². The maximum absolute atomic E-state index is 6.22. The Labute approximate surface area is 124 Å². The Morgan fingerprint density at radius 3 is 2.63 bits per heavy atom. The van der Waals surface area contributed by atoms with Gasteiger partial charge in [-0.2, -0.15) is 0 Å². The summed E-state index contributed by atoms with van der Waals surface area (Å²) < 4.78 is 1.11. The van der Waals surface area contributed by atoms with Gasteiger partial charge in [0.25, 0.3) is 0 Å². The molecule has 0 bridgehead atoms. The summed E-state index contributed by atoms with van der Waals surface area (Å²) in [5, 5.41) is 1.86. The second-order valence-corrected chi connectivity index (χ2v) is 6.15. The molecule has 0 atom stereocenters. The lowest BCUT2D eigenvalue weighted by atomic mass is 10.2. The van der Waals surface area contributed by atoms with Gasteiger partial charge in [0.15, 0.2) is 0 Å². The topological polar surface area (TPSA) is 38.9 Å². The van der Waals surface area contributed by atoms with Crippen LogP contribution in [0.25, 0.3) is 20.8 Å². The van der Waals surface area contributed by atoms with Crippen molar-refractivity contribution in [2.75, 3.05) is 5.73 Å². The van der Waals surface area contributed by atoms with Gasteiger partial charge in [0.2, 0.25) is 0 Å². The molecule has 0 aliphatic carbocycles. The highest BCUT2D eigenvalue weighted by atomic mass is 35.5. The largest absolute Gasteiger partial charge is 0.397 e. The molecule has 2 N–H and O–H groups in total. The van der Waals surface area contributed by atoms with Crippen molar-refractivity contribution in [2.45, 2.75) is 6.92 Å². The molecule has 0 aliphatic heterocycles. The molecule has 5 heteroatoms. The van der Waals surface area contributed by atoms with E-state index < -0.39 is 0 Å². The molecule has 0 aliphatic rings. The Kier molecular flexibility index (Phi) is 3.13. The fourth-order valence-electron chi connectivity index (χ4n) is 1.93. The van der Waals surface area contributed by atoms with E-state index in [9.17, 15) is 0 Å². The lowest BCUT2D eigenvalue weighted by Gasteiger charge is -2.06. The molecule has 1 aromatic heterocycles. The van der Waals surface area contributed by atoms with Crippen LogP contribution in [0.2, 0.25) is 10.0 Å². The predicted molar refractivity (Wildman–Crippen MR) is 84.2 cm³/mol. The fourth-order valence-corrected chi connectivity index (χ4v) is 3.42. The smallest absolute Gasteiger partial charge is 0.128 e. The number of anilines is 1. The van der Waals surface area contributed by atoms with Crippen LogP contribution in [0.15, 0.2) is 30.3 Å². The first-order chi connectivity index (χ1) is 9.06. The number of aromatic nitrogens is 1. The first kappa shape index (κ1) is 12.7. The summed E-state index contributed by atoms with van der Waals surface area (Å²) in [7, 11) is 0. The van der Waals surface area contributed by atoms with Crippen molar-refractivity contribution >= 4 is 50.4 Å². The average Bonchev–Trinajstić information content (AvgIpc) is 2.77. The number of hydrogen-bond donors (Lipinski definition) is 1. The van der Waals surface area contributed by atoms with E-state index in [-0.39, 0.29) is 0 Å². The van der Waals surface area contributed by atoms with Crippen molar-refractivity contribution in [1.82, 2.24) is 4.98 Å². The maximum Gasteiger partial charge on any atom is 0.128 e. The van der Waals surface area contributed by atoms with Crippen LogP contribution in [0.5, 0.6) is 0 Å². The maximum atomic E-state index is 6.22. The number of nitrogens with zero attached hydrogens (tertiary/aromatic N) is 1. The van der Waals surface area contributed by atoms with E-state index in [1.807, 2.05) is 13.0 Å². The molecule has 0 amide bonds. The van der Waals surface area contributed by atoms with Crippen molar-refractivity contribution in [3.63, 3.8) is 0 Å². The number of hydrogen-bond acceptors (Lipinski definition) is 3.